The van der Waals surface area contributed by atoms with Gasteiger partial charge in [-0.25, -0.2) is 4.98 Å². The molecular weight excluding hydrogens is 384 g/mol. The Morgan fingerprint density at radius 2 is 2.17 bits per heavy atom. The average molecular weight is 410 g/mol. The third kappa shape index (κ3) is 3.38. The third-order valence-electron chi connectivity index (χ3n) is 6.13. The molecule has 2 atom stereocenters. The summed E-state index contributed by atoms with van der Waals surface area (Å²) >= 11 is 1.36. The number of nitrogens with one attached hydrogen (secondary N) is 2. The molecule has 2 aliphatic rings. The molecule has 1 fully saturated rings. The molecule has 0 bridgehead atoms. The zero-order valence-corrected chi connectivity index (χ0v) is 17.3. The van der Waals surface area contributed by atoms with Gasteiger partial charge in [0.05, 0.1) is 29.4 Å². The van der Waals surface area contributed by atoms with E-state index in [9.17, 15) is 9.59 Å². The van der Waals surface area contributed by atoms with Crippen LogP contribution >= 0.6 is 11.3 Å². The molecule has 5 rings (SSSR count). The number of hydrogen-bond donors (Lipinski definition) is 2. The van der Waals surface area contributed by atoms with Gasteiger partial charge in [-0.1, -0.05) is 30.3 Å². The molecule has 150 valence electrons. The Hall–Kier alpha value is -2.51. The molecule has 7 heteroatoms. The minimum absolute atomic E-state index is 0.00893. The molecule has 0 spiro atoms. The van der Waals surface area contributed by atoms with E-state index in [1.807, 2.05) is 13.0 Å². The molecule has 6 nitrogen and oxygen atoms in total. The monoisotopic (exact) mass is 409 g/mol. The molecule has 3 aromatic rings. The maximum absolute atomic E-state index is 13.0. The number of carbonyl (C=O) groups excluding carboxylic acids is 1. The predicted molar refractivity (Wildman–Crippen MR) is 114 cm³/mol. The van der Waals surface area contributed by atoms with Crippen LogP contribution in [0.4, 0.5) is 0 Å². The van der Waals surface area contributed by atoms with Crippen LogP contribution in [0.25, 0.3) is 10.2 Å². The minimum Gasteiger partial charge on any atom is -0.343 e. The fourth-order valence-electron chi connectivity index (χ4n) is 4.64. The van der Waals surface area contributed by atoms with E-state index < -0.39 is 0 Å². The SMILES string of the molecule is Cc1c(C(=O)N[C@@H]2CC[NH+](Cc3ccccc3)C2)sc2nc3n(c(=O)c12)CCC3. The zero-order valence-electron chi connectivity index (χ0n) is 16.5. The number of amides is 1. The van der Waals surface area contributed by atoms with Gasteiger partial charge in [-0.2, -0.15) is 0 Å². The largest absolute Gasteiger partial charge is 0.343 e. The van der Waals surface area contributed by atoms with Gasteiger partial charge in [-0.3, -0.25) is 14.2 Å². The predicted octanol–water partition coefficient (Wildman–Crippen LogP) is 1.30. The van der Waals surface area contributed by atoms with Crippen LogP contribution in [0, 0.1) is 6.92 Å². The van der Waals surface area contributed by atoms with E-state index in [2.05, 4.69) is 34.6 Å². The smallest absolute Gasteiger partial charge is 0.262 e. The van der Waals surface area contributed by atoms with Gasteiger partial charge in [0.2, 0.25) is 0 Å². The van der Waals surface area contributed by atoms with E-state index in [4.69, 9.17) is 0 Å². The Kier molecular flexibility index (Phi) is 4.72. The molecule has 2 aromatic heterocycles. The van der Waals surface area contributed by atoms with Crippen molar-refractivity contribution in [2.75, 3.05) is 13.1 Å². The second kappa shape index (κ2) is 7.39. The summed E-state index contributed by atoms with van der Waals surface area (Å²) in [4.78, 5) is 33.3. The lowest BCUT2D eigenvalue weighted by Crippen LogP contribution is -3.09. The van der Waals surface area contributed by atoms with E-state index in [1.54, 1.807) is 4.57 Å². The second-order valence-electron chi connectivity index (χ2n) is 8.15. The van der Waals surface area contributed by atoms with Crippen molar-refractivity contribution in [2.45, 2.75) is 45.3 Å². The summed E-state index contributed by atoms with van der Waals surface area (Å²) in [6, 6.07) is 10.7. The van der Waals surface area contributed by atoms with E-state index in [-0.39, 0.29) is 17.5 Å². The highest BCUT2D eigenvalue weighted by molar-refractivity contribution is 7.20. The molecule has 4 heterocycles. The maximum Gasteiger partial charge on any atom is 0.262 e. The number of rotatable bonds is 4. The molecule has 0 radical (unpaired) electrons. The van der Waals surface area contributed by atoms with Crippen molar-refractivity contribution >= 4 is 27.5 Å². The van der Waals surface area contributed by atoms with Crippen molar-refractivity contribution in [3.8, 4) is 0 Å². The van der Waals surface area contributed by atoms with Gasteiger partial charge < -0.3 is 10.2 Å². The number of carbonyl (C=O) groups is 1. The first-order valence-corrected chi connectivity index (χ1v) is 11.1. The van der Waals surface area contributed by atoms with Crippen LogP contribution in [0.15, 0.2) is 35.1 Å². The molecule has 0 aliphatic carbocycles. The number of benzene rings is 1. The summed E-state index contributed by atoms with van der Waals surface area (Å²) in [6.45, 7) is 5.58. The van der Waals surface area contributed by atoms with Crippen LogP contribution in [0.5, 0.6) is 0 Å². The van der Waals surface area contributed by atoms with Crippen molar-refractivity contribution in [3.05, 3.63) is 62.5 Å². The van der Waals surface area contributed by atoms with Gasteiger partial charge in [0.25, 0.3) is 11.5 Å². The molecule has 2 aliphatic heterocycles. The van der Waals surface area contributed by atoms with Gasteiger partial charge in [-0.05, 0) is 18.9 Å². The van der Waals surface area contributed by atoms with E-state index in [0.29, 0.717) is 15.1 Å². The Morgan fingerprint density at radius 3 is 3.00 bits per heavy atom. The lowest BCUT2D eigenvalue weighted by molar-refractivity contribution is -0.901. The normalized spacial score (nSPS) is 20.9. The van der Waals surface area contributed by atoms with Crippen molar-refractivity contribution in [1.82, 2.24) is 14.9 Å². The van der Waals surface area contributed by atoms with Gasteiger partial charge in [-0.15, -0.1) is 11.3 Å². The molecular formula is C22H25N4O2S+. The fourth-order valence-corrected chi connectivity index (χ4v) is 5.74. The number of aryl methyl sites for hydroxylation is 2. The molecule has 1 aromatic carbocycles. The van der Waals surface area contributed by atoms with E-state index >= 15 is 0 Å². The first kappa shape index (κ1) is 18.5. The van der Waals surface area contributed by atoms with Gasteiger partial charge >= 0.3 is 0 Å². The van der Waals surface area contributed by atoms with Crippen LogP contribution in [0.1, 0.15) is 39.5 Å². The van der Waals surface area contributed by atoms with Crippen molar-refractivity contribution in [1.29, 1.82) is 0 Å². The van der Waals surface area contributed by atoms with E-state index in [0.717, 1.165) is 56.8 Å². The molecule has 1 saturated heterocycles. The van der Waals surface area contributed by atoms with Gasteiger partial charge in [0.15, 0.2) is 0 Å². The number of aromatic nitrogens is 2. The number of nitrogens with zero attached hydrogens (tertiary/aromatic N) is 2. The molecule has 2 N–H and O–H groups in total. The number of thiophene rings is 1. The fraction of sp³-hybridized carbons (Fsp3) is 0.409. The van der Waals surface area contributed by atoms with E-state index in [1.165, 1.54) is 21.8 Å². The van der Waals surface area contributed by atoms with Gasteiger partial charge in [0.1, 0.15) is 17.2 Å². The van der Waals surface area contributed by atoms with Crippen LogP contribution in [-0.2, 0) is 19.5 Å². The quantitative estimate of drug-likeness (QED) is 0.683. The Labute approximate surface area is 173 Å². The third-order valence-corrected chi connectivity index (χ3v) is 7.32. The maximum atomic E-state index is 13.0. The lowest BCUT2D eigenvalue weighted by Gasteiger charge is -2.14. The highest BCUT2D eigenvalue weighted by Crippen LogP contribution is 2.28. The Morgan fingerprint density at radius 1 is 1.34 bits per heavy atom. The van der Waals surface area contributed by atoms with Crippen LogP contribution in [0.2, 0.25) is 0 Å². The summed E-state index contributed by atoms with van der Waals surface area (Å²) in [7, 11) is 0. The number of fused-ring (bicyclic) bond motifs is 2. The van der Waals surface area contributed by atoms with Crippen molar-refractivity contribution in [2.24, 2.45) is 0 Å². The number of quaternary nitrogens is 1. The summed E-state index contributed by atoms with van der Waals surface area (Å²) in [6.07, 6.45) is 2.79. The standard InChI is InChI=1S/C22H24N4O2S/c1-14-18-21(24-17-8-5-10-26(17)22(18)28)29-19(14)20(27)23-16-9-11-25(13-16)12-15-6-3-2-4-7-15/h2-4,6-7,16H,5,8-13H2,1H3,(H,23,27)/p+1/t16-/m1/s1. The molecule has 29 heavy (non-hydrogen) atoms. The number of likely N-dealkylation sites (tertiary alicyclic amines) is 1. The summed E-state index contributed by atoms with van der Waals surface area (Å²) in [5.41, 5.74) is 2.11. The number of hydrogen-bond acceptors (Lipinski definition) is 4. The van der Waals surface area contributed by atoms with Crippen LogP contribution < -0.4 is 15.8 Å². The topological polar surface area (TPSA) is 68.4 Å². The van der Waals surface area contributed by atoms with Crippen molar-refractivity contribution < 1.29 is 9.69 Å². The van der Waals surface area contributed by atoms with Gasteiger partial charge in [0, 0.05) is 24.9 Å². The first-order chi connectivity index (χ1) is 14.1. The molecule has 1 amide bonds. The highest BCUT2D eigenvalue weighted by Gasteiger charge is 2.29. The van der Waals surface area contributed by atoms with Crippen LogP contribution in [0.3, 0.4) is 0 Å². The summed E-state index contributed by atoms with van der Waals surface area (Å²) < 4.78 is 1.77. The molecule has 0 saturated carbocycles. The highest BCUT2D eigenvalue weighted by atomic mass is 32.1. The summed E-state index contributed by atoms with van der Waals surface area (Å²) in [5.74, 6) is 0.785. The average Bonchev–Trinajstić information content (AvgIpc) is 3.43. The van der Waals surface area contributed by atoms with Crippen molar-refractivity contribution in [3.63, 3.8) is 0 Å². The van der Waals surface area contributed by atoms with Crippen LogP contribution in [-0.4, -0.2) is 34.6 Å². The zero-order chi connectivity index (χ0) is 20.0. The summed E-state index contributed by atoms with van der Waals surface area (Å²) in [5, 5.41) is 3.82. The Balaban J connectivity index is 1.31. The molecule has 1 unspecified atom stereocenters. The first-order valence-electron chi connectivity index (χ1n) is 10.3. The Bertz CT molecular complexity index is 1140. The minimum atomic E-state index is -0.0685. The lowest BCUT2D eigenvalue weighted by atomic mass is 10.2. The second-order valence-corrected chi connectivity index (χ2v) is 9.15.